The first kappa shape index (κ1) is 21.1. The molecule has 3 aromatic carbocycles. The number of carbonyl (C=O) groups excluding carboxylic acids is 1. The molecule has 3 aromatic rings. The number of benzene rings is 3. The zero-order valence-electron chi connectivity index (χ0n) is 17.7. The molecule has 0 radical (unpaired) electrons. The lowest BCUT2D eigenvalue weighted by molar-refractivity contribution is -0.128. The molecule has 0 aliphatic heterocycles. The molecule has 4 nitrogen and oxygen atoms in total. The molecule has 1 fully saturated rings. The molecule has 1 aliphatic carbocycles. The second-order valence-electron chi connectivity index (χ2n) is 8.31. The number of carbonyl (C=O) groups is 1. The highest BCUT2D eigenvalue weighted by molar-refractivity contribution is 5.97. The van der Waals surface area contributed by atoms with E-state index >= 15 is 0 Å². The van der Waals surface area contributed by atoms with Crippen LogP contribution in [0, 0.1) is 5.82 Å². The first-order chi connectivity index (χ1) is 14.9. The third kappa shape index (κ3) is 5.70. The van der Waals surface area contributed by atoms with Gasteiger partial charge in [-0.15, -0.1) is 0 Å². The molecule has 160 valence electrons. The fraction of sp³-hybridized carbons (Fsp3) is 0.269. The maximum absolute atomic E-state index is 13.1. The normalized spacial score (nSPS) is 13.6. The molecule has 31 heavy (non-hydrogen) atoms. The number of nitrogens with one attached hydrogen (secondary N) is 1. The van der Waals surface area contributed by atoms with Crippen molar-refractivity contribution >= 4 is 11.6 Å². The third-order valence-electron chi connectivity index (χ3n) is 5.17. The van der Waals surface area contributed by atoms with Crippen molar-refractivity contribution in [2.24, 2.45) is 0 Å². The van der Waals surface area contributed by atoms with Crippen LogP contribution in [0.4, 0.5) is 10.1 Å². The van der Waals surface area contributed by atoms with E-state index in [0.29, 0.717) is 24.1 Å². The van der Waals surface area contributed by atoms with E-state index in [4.69, 9.17) is 9.47 Å². The van der Waals surface area contributed by atoms with Gasteiger partial charge in [0.2, 0.25) is 0 Å². The number of halogens is 1. The minimum absolute atomic E-state index is 0.287. The second kappa shape index (κ2) is 8.90. The molecular formula is C26H26FNO3. The minimum atomic E-state index is -1.12. The summed E-state index contributed by atoms with van der Waals surface area (Å²) in [4.78, 5) is 12.7. The Labute approximate surface area is 182 Å². The SMILES string of the molecule is CC(C)(Oc1ccc(F)cc1)C(=O)Nc1ccc(-c2ccc(COC3CC3)cc2)cc1. The van der Waals surface area contributed by atoms with Crippen molar-refractivity contribution in [1.29, 1.82) is 0 Å². The summed E-state index contributed by atoms with van der Waals surface area (Å²) in [5.41, 5.74) is 2.90. The van der Waals surface area contributed by atoms with Crippen molar-refractivity contribution in [2.75, 3.05) is 5.32 Å². The molecule has 5 heteroatoms. The Kier molecular flexibility index (Phi) is 6.05. The standard InChI is InChI=1S/C26H26FNO3/c1-26(2,31-24-13-9-21(27)10-14-24)25(29)28-22-11-7-20(8-12-22)19-5-3-18(4-6-19)17-30-23-15-16-23/h3-14,23H,15-17H2,1-2H3,(H,28,29). The molecule has 0 heterocycles. The minimum Gasteiger partial charge on any atom is -0.478 e. The Morgan fingerprint density at radius 3 is 2.10 bits per heavy atom. The molecule has 1 saturated carbocycles. The number of hydrogen-bond acceptors (Lipinski definition) is 3. The van der Waals surface area contributed by atoms with Crippen LogP contribution in [0.25, 0.3) is 11.1 Å². The fourth-order valence-electron chi connectivity index (χ4n) is 3.11. The molecular weight excluding hydrogens is 393 g/mol. The van der Waals surface area contributed by atoms with Gasteiger partial charge >= 0.3 is 0 Å². The Bertz CT molecular complexity index is 1020. The van der Waals surface area contributed by atoms with Gasteiger partial charge in [0.1, 0.15) is 11.6 Å². The van der Waals surface area contributed by atoms with E-state index < -0.39 is 5.60 Å². The quantitative estimate of drug-likeness (QED) is 0.489. The highest BCUT2D eigenvalue weighted by atomic mass is 19.1. The Balaban J connectivity index is 1.35. The van der Waals surface area contributed by atoms with Crippen molar-refractivity contribution in [3.8, 4) is 16.9 Å². The van der Waals surface area contributed by atoms with E-state index in [-0.39, 0.29) is 11.7 Å². The fourth-order valence-corrected chi connectivity index (χ4v) is 3.11. The van der Waals surface area contributed by atoms with Crippen LogP contribution < -0.4 is 10.1 Å². The summed E-state index contributed by atoms with van der Waals surface area (Å²) in [5.74, 6) is -0.205. The lowest BCUT2D eigenvalue weighted by atomic mass is 10.0. The highest BCUT2D eigenvalue weighted by Gasteiger charge is 2.30. The number of amides is 1. The Morgan fingerprint density at radius 2 is 1.52 bits per heavy atom. The lowest BCUT2D eigenvalue weighted by Gasteiger charge is -2.25. The van der Waals surface area contributed by atoms with Crippen LogP contribution in [-0.4, -0.2) is 17.6 Å². The molecule has 0 aromatic heterocycles. The second-order valence-corrected chi connectivity index (χ2v) is 8.31. The first-order valence-electron chi connectivity index (χ1n) is 10.5. The molecule has 0 unspecified atom stereocenters. The zero-order valence-corrected chi connectivity index (χ0v) is 17.7. The predicted molar refractivity (Wildman–Crippen MR) is 119 cm³/mol. The summed E-state index contributed by atoms with van der Waals surface area (Å²) in [6.45, 7) is 4.01. The zero-order chi connectivity index (χ0) is 21.8. The van der Waals surface area contributed by atoms with Gasteiger partial charge in [0, 0.05) is 5.69 Å². The van der Waals surface area contributed by atoms with Gasteiger partial charge in [0.05, 0.1) is 12.7 Å². The summed E-state index contributed by atoms with van der Waals surface area (Å²) in [6.07, 6.45) is 2.81. The van der Waals surface area contributed by atoms with Crippen molar-refractivity contribution in [1.82, 2.24) is 0 Å². The Hall–Kier alpha value is -3.18. The number of hydrogen-bond donors (Lipinski definition) is 1. The van der Waals surface area contributed by atoms with Crippen LogP contribution in [0.3, 0.4) is 0 Å². The van der Waals surface area contributed by atoms with E-state index in [2.05, 4.69) is 29.6 Å². The Morgan fingerprint density at radius 1 is 0.935 bits per heavy atom. The lowest BCUT2D eigenvalue weighted by Crippen LogP contribution is -2.42. The first-order valence-corrected chi connectivity index (χ1v) is 10.5. The van der Waals surface area contributed by atoms with Crippen molar-refractivity contribution in [3.05, 3.63) is 84.2 Å². The smallest absolute Gasteiger partial charge is 0.267 e. The number of anilines is 1. The van der Waals surface area contributed by atoms with E-state index in [1.807, 2.05) is 24.3 Å². The number of rotatable bonds is 8. The molecule has 1 N–H and O–H groups in total. The maximum Gasteiger partial charge on any atom is 0.267 e. The van der Waals surface area contributed by atoms with Crippen LogP contribution in [-0.2, 0) is 16.1 Å². The summed E-state index contributed by atoms with van der Waals surface area (Å²) < 4.78 is 24.6. The van der Waals surface area contributed by atoms with Gasteiger partial charge in [-0.2, -0.15) is 0 Å². The van der Waals surface area contributed by atoms with Gasteiger partial charge in [-0.3, -0.25) is 4.79 Å². The van der Waals surface area contributed by atoms with Crippen LogP contribution in [0.2, 0.25) is 0 Å². The topological polar surface area (TPSA) is 47.6 Å². The van der Waals surface area contributed by atoms with Gasteiger partial charge in [0.15, 0.2) is 5.60 Å². The van der Waals surface area contributed by atoms with E-state index in [1.54, 1.807) is 13.8 Å². The summed E-state index contributed by atoms with van der Waals surface area (Å²) in [5, 5.41) is 2.88. The van der Waals surface area contributed by atoms with Crippen LogP contribution in [0.15, 0.2) is 72.8 Å². The van der Waals surface area contributed by atoms with Gasteiger partial charge in [-0.05, 0) is 79.8 Å². The maximum atomic E-state index is 13.1. The van der Waals surface area contributed by atoms with Gasteiger partial charge in [-0.1, -0.05) is 36.4 Å². The molecule has 0 spiro atoms. The van der Waals surface area contributed by atoms with Crippen LogP contribution >= 0.6 is 0 Å². The van der Waals surface area contributed by atoms with Crippen molar-refractivity contribution < 1.29 is 18.7 Å². The molecule has 0 bridgehead atoms. The third-order valence-corrected chi connectivity index (χ3v) is 5.17. The van der Waals surface area contributed by atoms with Crippen molar-refractivity contribution in [2.45, 2.75) is 45.0 Å². The largest absolute Gasteiger partial charge is 0.478 e. The predicted octanol–water partition coefficient (Wildman–Crippen LogP) is 5.97. The summed E-state index contributed by atoms with van der Waals surface area (Å²) in [7, 11) is 0. The summed E-state index contributed by atoms with van der Waals surface area (Å²) in [6, 6.07) is 21.6. The van der Waals surface area contributed by atoms with Crippen LogP contribution in [0.5, 0.6) is 5.75 Å². The van der Waals surface area contributed by atoms with Gasteiger partial charge in [0.25, 0.3) is 5.91 Å². The van der Waals surface area contributed by atoms with E-state index in [9.17, 15) is 9.18 Å². The average Bonchev–Trinajstić information content (AvgIpc) is 3.59. The van der Waals surface area contributed by atoms with E-state index in [0.717, 1.165) is 11.1 Å². The monoisotopic (exact) mass is 419 g/mol. The van der Waals surface area contributed by atoms with Crippen LogP contribution in [0.1, 0.15) is 32.3 Å². The van der Waals surface area contributed by atoms with Gasteiger partial charge < -0.3 is 14.8 Å². The molecule has 1 amide bonds. The van der Waals surface area contributed by atoms with E-state index in [1.165, 1.54) is 42.7 Å². The molecule has 1 aliphatic rings. The molecule has 0 atom stereocenters. The van der Waals surface area contributed by atoms with Crippen molar-refractivity contribution in [3.63, 3.8) is 0 Å². The highest BCUT2D eigenvalue weighted by Crippen LogP contribution is 2.26. The molecule has 0 saturated heterocycles. The van der Waals surface area contributed by atoms with Gasteiger partial charge in [-0.25, -0.2) is 4.39 Å². The summed E-state index contributed by atoms with van der Waals surface area (Å²) >= 11 is 0. The molecule has 4 rings (SSSR count). The number of ether oxygens (including phenoxy) is 2. The average molecular weight is 419 g/mol.